The van der Waals surface area contributed by atoms with Crippen molar-refractivity contribution in [3.8, 4) is 0 Å². The number of halogens is 2. The van der Waals surface area contributed by atoms with Crippen LogP contribution >= 0.6 is 15.9 Å². The average molecular weight is 325 g/mol. The Labute approximate surface area is 109 Å². The van der Waals surface area contributed by atoms with Crippen LogP contribution in [0.3, 0.4) is 0 Å². The summed E-state index contributed by atoms with van der Waals surface area (Å²) in [6.07, 6.45) is 0.647. The van der Waals surface area contributed by atoms with Crippen molar-refractivity contribution in [2.75, 3.05) is 20.1 Å². The summed E-state index contributed by atoms with van der Waals surface area (Å²) in [6.45, 7) is 0.976. The third-order valence-corrected chi connectivity index (χ3v) is 4.07. The summed E-state index contributed by atoms with van der Waals surface area (Å²) in [7, 11) is -1.98. The molecule has 0 amide bonds. The standard InChI is InChI=1S/C10H14BrFN2O2S/c1-13-5-2-6-14-17(15,16)10-4-3-8(11)7-9(10)12/h3-4,7,13-14H,2,5-6H2,1H3. The lowest BCUT2D eigenvalue weighted by Crippen LogP contribution is -2.27. The monoisotopic (exact) mass is 324 g/mol. The Morgan fingerprint density at radius 3 is 2.65 bits per heavy atom. The second-order valence-corrected chi connectivity index (χ2v) is 6.08. The quantitative estimate of drug-likeness (QED) is 0.779. The van der Waals surface area contributed by atoms with Crippen molar-refractivity contribution in [1.82, 2.24) is 10.0 Å². The van der Waals surface area contributed by atoms with Crippen molar-refractivity contribution in [2.24, 2.45) is 0 Å². The molecule has 17 heavy (non-hydrogen) atoms. The molecule has 0 aromatic heterocycles. The van der Waals surface area contributed by atoms with Crippen molar-refractivity contribution in [2.45, 2.75) is 11.3 Å². The molecule has 0 fully saturated rings. The van der Waals surface area contributed by atoms with E-state index in [4.69, 9.17) is 0 Å². The molecule has 0 aliphatic heterocycles. The molecule has 0 atom stereocenters. The van der Waals surface area contributed by atoms with Crippen molar-refractivity contribution in [3.05, 3.63) is 28.5 Å². The van der Waals surface area contributed by atoms with Gasteiger partial charge in [0.05, 0.1) is 0 Å². The van der Waals surface area contributed by atoms with Gasteiger partial charge in [-0.15, -0.1) is 0 Å². The minimum atomic E-state index is -3.76. The van der Waals surface area contributed by atoms with Crippen LogP contribution in [0.1, 0.15) is 6.42 Å². The minimum Gasteiger partial charge on any atom is -0.320 e. The zero-order chi connectivity index (χ0) is 12.9. The fraction of sp³-hybridized carbons (Fsp3) is 0.400. The molecular weight excluding hydrogens is 311 g/mol. The van der Waals surface area contributed by atoms with E-state index < -0.39 is 15.8 Å². The highest BCUT2D eigenvalue weighted by atomic mass is 79.9. The topological polar surface area (TPSA) is 58.2 Å². The van der Waals surface area contributed by atoms with Crippen LogP contribution in [0.5, 0.6) is 0 Å². The van der Waals surface area contributed by atoms with Gasteiger partial charge in [0.25, 0.3) is 0 Å². The summed E-state index contributed by atoms with van der Waals surface area (Å²) in [6, 6.07) is 3.85. The molecule has 1 aromatic carbocycles. The molecule has 0 saturated carbocycles. The van der Waals surface area contributed by atoms with E-state index in [0.717, 1.165) is 6.07 Å². The Bertz CT molecular complexity index is 479. The molecule has 0 unspecified atom stereocenters. The van der Waals surface area contributed by atoms with Crippen molar-refractivity contribution < 1.29 is 12.8 Å². The Morgan fingerprint density at radius 2 is 2.06 bits per heavy atom. The van der Waals surface area contributed by atoms with Gasteiger partial charge >= 0.3 is 0 Å². The third kappa shape index (κ3) is 4.34. The summed E-state index contributed by atoms with van der Waals surface area (Å²) in [5, 5.41) is 2.90. The van der Waals surface area contributed by atoms with Gasteiger partial charge in [-0.2, -0.15) is 0 Å². The first kappa shape index (κ1) is 14.6. The molecule has 0 aliphatic rings. The molecular formula is C10H14BrFN2O2S. The highest BCUT2D eigenvalue weighted by molar-refractivity contribution is 9.10. The Hall–Kier alpha value is -0.500. The Balaban J connectivity index is 2.76. The number of hydrogen-bond acceptors (Lipinski definition) is 3. The van der Waals surface area contributed by atoms with E-state index in [9.17, 15) is 12.8 Å². The lowest BCUT2D eigenvalue weighted by atomic mass is 10.3. The van der Waals surface area contributed by atoms with Crippen molar-refractivity contribution in [3.63, 3.8) is 0 Å². The Kier molecular flexibility index (Phi) is 5.51. The normalized spacial score (nSPS) is 11.7. The van der Waals surface area contributed by atoms with Crippen molar-refractivity contribution >= 4 is 26.0 Å². The van der Waals surface area contributed by atoms with E-state index in [1.807, 2.05) is 0 Å². The van der Waals surface area contributed by atoms with Crippen LogP contribution in [0, 0.1) is 5.82 Å². The van der Waals surface area contributed by atoms with Gasteiger partial charge in [0.15, 0.2) is 0 Å². The number of hydrogen-bond donors (Lipinski definition) is 2. The highest BCUT2D eigenvalue weighted by Gasteiger charge is 2.18. The molecule has 0 bridgehead atoms. The first-order valence-corrected chi connectivity index (χ1v) is 7.34. The van der Waals surface area contributed by atoms with Gasteiger partial charge in [0, 0.05) is 11.0 Å². The van der Waals surface area contributed by atoms with Crippen LogP contribution < -0.4 is 10.0 Å². The number of nitrogens with one attached hydrogen (secondary N) is 2. The van der Waals surface area contributed by atoms with Gasteiger partial charge in [0.1, 0.15) is 10.7 Å². The van der Waals surface area contributed by atoms with Crippen LogP contribution in [-0.2, 0) is 10.0 Å². The molecule has 96 valence electrons. The number of rotatable bonds is 6. The van der Waals surface area contributed by atoms with Crippen molar-refractivity contribution in [1.29, 1.82) is 0 Å². The summed E-state index contributed by atoms with van der Waals surface area (Å²) in [4.78, 5) is -0.329. The van der Waals surface area contributed by atoms with E-state index >= 15 is 0 Å². The predicted molar refractivity (Wildman–Crippen MR) is 67.8 cm³/mol. The van der Waals surface area contributed by atoms with E-state index in [-0.39, 0.29) is 11.4 Å². The van der Waals surface area contributed by atoms with Crippen LogP contribution in [-0.4, -0.2) is 28.6 Å². The molecule has 0 spiro atoms. The average Bonchev–Trinajstić information content (AvgIpc) is 2.24. The SMILES string of the molecule is CNCCCNS(=O)(=O)c1ccc(Br)cc1F. The lowest BCUT2D eigenvalue weighted by molar-refractivity contribution is 0.554. The summed E-state index contributed by atoms with van der Waals surface area (Å²) < 4.78 is 39.8. The van der Waals surface area contributed by atoms with Gasteiger partial charge in [-0.3, -0.25) is 0 Å². The fourth-order valence-corrected chi connectivity index (χ4v) is 2.71. The highest BCUT2D eigenvalue weighted by Crippen LogP contribution is 2.19. The second kappa shape index (κ2) is 6.44. The minimum absolute atomic E-state index is 0.276. The summed E-state index contributed by atoms with van der Waals surface area (Å²) in [5.41, 5.74) is 0. The Morgan fingerprint density at radius 1 is 1.35 bits per heavy atom. The smallest absolute Gasteiger partial charge is 0.243 e. The molecule has 0 radical (unpaired) electrons. The molecule has 0 aliphatic carbocycles. The second-order valence-electron chi connectivity index (χ2n) is 3.43. The number of benzene rings is 1. The van der Waals surface area contributed by atoms with E-state index in [2.05, 4.69) is 26.0 Å². The first-order valence-electron chi connectivity index (χ1n) is 5.06. The molecule has 4 nitrogen and oxygen atoms in total. The van der Waals surface area contributed by atoms with Gasteiger partial charge in [-0.1, -0.05) is 15.9 Å². The molecule has 1 rings (SSSR count). The zero-order valence-electron chi connectivity index (χ0n) is 9.33. The molecule has 1 aromatic rings. The molecule has 2 N–H and O–H groups in total. The lowest BCUT2D eigenvalue weighted by Gasteiger charge is -2.07. The first-order chi connectivity index (χ1) is 7.97. The predicted octanol–water partition coefficient (Wildman–Crippen LogP) is 1.48. The van der Waals surface area contributed by atoms with E-state index in [0.29, 0.717) is 17.4 Å². The maximum Gasteiger partial charge on any atom is 0.243 e. The maximum atomic E-state index is 13.5. The van der Waals surface area contributed by atoms with Gasteiger partial charge in [0.2, 0.25) is 10.0 Å². The molecule has 0 heterocycles. The largest absolute Gasteiger partial charge is 0.320 e. The third-order valence-electron chi connectivity index (χ3n) is 2.08. The van der Waals surface area contributed by atoms with Gasteiger partial charge in [-0.25, -0.2) is 17.5 Å². The van der Waals surface area contributed by atoms with Crippen LogP contribution in [0.4, 0.5) is 4.39 Å². The maximum absolute atomic E-state index is 13.5. The summed E-state index contributed by atoms with van der Waals surface area (Å²) >= 11 is 3.07. The van der Waals surface area contributed by atoms with Gasteiger partial charge < -0.3 is 5.32 Å². The molecule has 7 heteroatoms. The summed E-state index contributed by atoms with van der Waals surface area (Å²) in [5.74, 6) is -0.763. The van der Waals surface area contributed by atoms with Crippen LogP contribution in [0.2, 0.25) is 0 Å². The molecule has 0 saturated heterocycles. The number of sulfonamides is 1. The van der Waals surface area contributed by atoms with Gasteiger partial charge in [-0.05, 0) is 38.2 Å². The van der Waals surface area contributed by atoms with E-state index in [1.165, 1.54) is 12.1 Å². The van der Waals surface area contributed by atoms with E-state index in [1.54, 1.807) is 7.05 Å². The van der Waals surface area contributed by atoms with Crippen LogP contribution in [0.15, 0.2) is 27.6 Å². The zero-order valence-corrected chi connectivity index (χ0v) is 11.7. The van der Waals surface area contributed by atoms with Crippen LogP contribution in [0.25, 0.3) is 0 Å². The fourth-order valence-electron chi connectivity index (χ4n) is 1.24.